The molecule has 1 aromatic rings. The summed E-state index contributed by atoms with van der Waals surface area (Å²) >= 11 is 0. The second-order valence-corrected chi connectivity index (χ2v) is 6.55. The Kier molecular flexibility index (Phi) is 5.77. The Morgan fingerprint density at radius 3 is 2.57 bits per heavy atom. The zero-order chi connectivity index (χ0) is 17.0. The summed E-state index contributed by atoms with van der Waals surface area (Å²) in [5.41, 5.74) is 2.82. The highest BCUT2D eigenvalue weighted by Gasteiger charge is 2.27. The van der Waals surface area contributed by atoms with E-state index in [4.69, 9.17) is 0 Å². The molecule has 2 unspecified atom stereocenters. The molecular formula is C18H26N2O3. The van der Waals surface area contributed by atoms with Crippen molar-refractivity contribution in [3.63, 3.8) is 0 Å². The molecule has 0 aromatic heterocycles. The molecular weight excluding hydrogens is 292 g/mol. The van der Waals surface area contributed by atoms with Gasteiger partial charge >= 0.3 is 11.8 Å². The molecule has 2 N–H and O–H groups in total. The summed E-state index contributed by atoms with van der Waals surface area (Å²) in [6, 6.07) is 5.56. The minimum Gasteiger partial charge on any atom is -0.393 e. The number of benzene rings is 1. The van der Waals surface area contributed by atoms with Gasteiger partial charge in [-0.1, -0.05) is 18.9 Å². The first-order chi connectivity index (χ1) is 10.9. The van der Waals surface area contributed by atoms with Gasteiger partial charge in [-0.25, -0.2) is 0 Å². The largest absolute Gasteiger partial charge is 0.393 e. The van der Waals surface area contributed by atoms with Gasteiger partial charge in [0, 0.05) is 25.2 Å². The summed E-state index contributed by atoms with van der Waals surface area (Å²) in [4.78, 5) is 25.7. The number of amides is 2. The molecule has 0 bridgehead atoms. The fourth-order valence-corrected chi connectivity index (χ4v) is 3.01. The number of likely N-dealkylation sites (N-methyl/N-ethyl adjacent to an activating group) is 1. The Bertz CT molecular complexity index is 586. The third-order valence-corrected chi connectivity index (χ3v) is 4.68. The van der Waals surface area contributed by atoms with Crippen molar-refractivity contribution < 1.29 is 14.7 Å². The molecule has 0 spiro atoms. The van der Waals surface area contributed by atoms with Crippen molar-refractivity contribution in [2.75, 3.05) is 18.9 Å². The van der Waals surface area contributed by atoms with Crippen LogP contribution in [-0.4, -0.2) is 41.5 Å². The van der Waals surface area contributed by atoms with Crippen molar-refractivity contribution in [3.05, 3.63) is 29.3 Å². The summed E-state index contributed by atoms with van der Waals surface area (Å²) in [5, 5.41) is 12.6. The molecule has 1 aromatic carbocycles. The maximum atomic E-state index is 12.2. The van der Waals surface area contributed by atoms with E-state index in [2.05, 4.69) is 5.32 Å². The van der Waals surface area contributed by atoms with Crippen LogP contribution in [0.4, 0.5) is 5.69 Å². The standard InChI is InChI=1S/C18H26N2O3/c1-12-8-9-15(10-13(12)2)19-17(22)18(23)20(3)11-14-6-4-5-7-16(14)21/h8-10,14,16,21H,4-7,11H2,1-3H3,(H,19,22). The molecule has 1 aliphatic carbocycles. The summed E-state index contributed by atoms with van der Waals surface area (Å²) < 4.78 is 0. The third kappa shape index (κ3) is 4.55. The number of carbonyl (C=O) groups is 2. The van der Waals surface area contributed by atoms with Gasteiger partial charge < -0.3 is 15.3 Å². The van der Waals surface area contributed by atoms with E-state index in [1.165, 1.54) is 4.90 Å². The molecule has 2 atom stereocenters. The second kappa shape index (κ2) is 7.59. The van der Waals surface area contributed by atoms with Crippen LogP contribution in [0.15, 0.2) is 18.2 Å². The Hall–Kier alpha value is -1.88. The van der Waals surface area contributed by atoms with Crippen molar-refractivity contribution in [1.29, 1.82) is 0 Å². The van der Waals surface area contributed by atoms with Crippen LogP contribution in [0.25, 0.3) is 0 Å². The molecule has 1 saturated carbocycles. The first-order valence-electron chi connectivity index (χ1n) is 8.20. The number of hydrogen-bond acceptors (Lipinski definition) is 3. The zero-order valence-electron chi connectivity index (χ0n) is 14.1. The fourth-order valence-electron chi connectivity index (χ4n) is 3.01. The monoisotopic (exact) mass is 318 g/mol. The summed E-state index contributed by atoms with van der Waals surface area (Å²) in [7, 11) is 1.61. The van der Waals surface area contributed by atoms with Crippen LogP contribution < -0.4 is 5.32 Å². The topological polar surface area (TPSA) is 69.6 Å². The molecule has 5 nitrogen and oxygen atoms in total. The summed E-state index contributed by atoms with van der Waals surface area (Å²) in [6.45, 7) is 4.37. The maximum Gasteiger partial charge on any atom is 0.313 e. The molecule has 0 saturated heterocycles. The number of nitrogens with one attached hydrogen (secondary N) is 1. The average Bonchev–Trinajstić information content (AvgIpc) is 2.52. The Morgan fingerprint density at radius 1 is 1.22 bits per heavy atom. The van der Waals surface area contributed by atoms with E-state index in [9.17, 15) is 14.7 Å². The zero-order valence-corrected chi connectivity index (χ0v) is 14.1. The number of rotatable bonds is 3. The number of carbonyl (C=O) groups excluding carboxylic acids is 2. The highest BCUT2D eigenvalue weighted by Crippen LogP contribution is 2.25. The molecule has 1 fully saturated rings. The number of anilines is 1. The molecule has 2 amide bonds. The first-order valence-corrected chi connectivity index (χ1v) is 8.20. The van der Waals surface area contributed by atoms with E-state index in [-0.39, 0.29) is 12.0 Å². The number of aliphatic hydroxyl groups excluding tert-OH is 1. The molecule has 0 heterocycles. The number of aliphatic hydroxyl groups is 1. The predicted molar refractivity (Wildman–Crippen MR) is 90.1 cm³/mol. The smallest absolute Gasteiger partial charge is 0.313 e. The van der Waals surface area contributed by atoms with E-state index in [1.54, 1.807) is 13.1 Å². The summed E-state index contributed by atoms with van der Waals surface area (Å²) in [5.74, 6) is -1.14. The SMILES string of the molecule is Cc1ccc(NC(=O)C(=O)N(C)CC2CCCCC2O)cc1C. The summed E-state index contributed by atoms with van der Waals surface area (Å²) in [6.07, 6.45) is 3.40. The highest BCUT2D eigenvalue weighted by molar-refractivity contribution is 6.39. The van der Waals surface area contributed by atoms with Gasteiger partial charge in [0.1, 0.15) is 0 Å². The van der Waals surface area contributed by atoms with Gasteiger partial charge in [0.25, 0.3) is 0 Å². The Labute approximate surface area is 137 Å². The lowest BCUT2D eigenvalue weighted by Gasteiger charge is -2.30. The van der Waals surface area contributed by atoms with Gasteiger partial charge in [0.05, 0.1) is 6.10 Å². The van der Waals surface area contributed by atoms with Gasteiger partial charge in [-0.15, -0.1) is 0 Å². The highest BCUT2D eigenvalue weighted by atomic mass is 16.3. The molecule has 23 heavy (non-hydrogen) atoms. The molecule has 126 valence electrons. The van der Waals surface area contributed by atoms with E-state index >= 15 is 0 Å². The van der Waals surface area contributed by atoms with E-state index in [0.717, 1.165) is 36.8 Å². The van der Waals surface area contributed by atoms with E-state index in [0.29, 0.717) is 12.2 Å². The lowest BCUT2D eigenvalue weighted by Crippen LogP contribution is -2.42. The van der Waals surface area contributed by atoms with Crippen LogP contribution in [0.5, 0.6) is 0 Å². The molecule has 0 aliphatic heterocycles. The predicted octanol–water partition coefficient (Wildman–Crippen LogP) is 2.25. The lowest BCUT2D eigenvalue weighted by atomic mass is 9.86. The number of aryl methyl sites for hydroxylation is 2. The van der Waals surface area contributed by atoms with Crippen molar-refractivity contribution in [2.24, 2.45) is 5.92 Å². The van der Waals surface area contributed by atoms with Crippen LogP contribution in [0.3, 0.4) is 0 Å². The second-order valence-electron chi connectivity index (χ2n) is 6.55. The lowest BCUT2D eigenvalue weighted by molar-refractivity contribution is -0.143. The average molecular weight is 318 g/mol. The number of nitrogens with zero attached hydrogens (tertiary/aromatic N) is 1. The fraction of sp³-hybridized carbons (Fsp3) is 0.556. The Balaban J connectivity index is 1.92. The third-order valence-electron chi connectivity index (χ3n) is 4.68. The van der Waals surface area contributed by atoms with E-state index in [1.807, 2.05) is 26.0 Å². The maximum absolute atomic E-state index is 12.2. The number of hydrogen-bond donors (Lipinski definition) is 2. The normalized spacial score (nSPS) is 20.9. The van der Waals surface area contributed by atoms with Crippen molar-refractivity contribution in [2.45, 2.75) is 45.6 Å². The molecule has 2 rings (SSSR count). The van der Waals surface area contributed by atoms with Crippen LogP contribution in [0.1, 0.15) is 36.8 Å². The van der Waals surface area contributed by atoms with Crippen LogP contribution in [-0.2, 0) is 9.59 Å². The minimum atomic E-state index is -0.638. The van der Waals surface area contributed by atoms with Crippen LogP contribution >= 0.6 is 0 Å². The van der Waals surface area contributed by atoms with E-state index < -0.39 is 11.8 Å². The molecule has 5 heteroatoms. The molecule has 1 aliphatic rings. The first kappa shape index (κ1) is 17.5. The van der Waals surface area contributed by atoms with Crippen molar-refractivity contribution in [3.8, 4) is 0 Å². The van der Waals surface area contributed by atoms with Gasteiger partial charge in [-0.05, 0) is 49.9 Å². The van der Waals surface area contributed by atoms with Gasteiger partial charge in [-0.3, -0.25) is 9.59 Å². The van der Waals surface area contributed by atoms with Gasteiger partial charge in [0.2, 0.25) is 0 Å². The Morgan fingerprint density at radius 2 is 1.91 bits per heavy atom. The van der Waals surface area contributed by atoms with Gasteiger partial charge in [0.15, 0.2) is 0 Å². The quantitative estimate of drug-likeness (QED) is 0.840. The van der Waals surface area contributed by atoms with Crippen LogP contribution in [0, 0.1) is 19.8 Å². The van der Waals surface area contributed by atoms with Crippen molar-refractivity contribution >= 4 is 17.5 Å². The minimum absolute atomic E-state index is 0.0621. The van der Waals surface area contributed by atoms with Crippen LogP contribution in [0.2, 0.25) is 0 Å². The van der Waals surface area contributed by atoms with Gasteiger partial charge in [-0.2, -0.15) is 0 Å². The molecule has 0 radical (unpaired) electrons. The van der Waals surface area contributed by atoms with Crippen molar-refractivity contribution in [1.82, 2.24) is 4.90 Å².